The first-order valence-corrected chi connectivity index (χ1v) is 14.7. The molecule has 0 unspecified atom stereocenters. The SMILES string of the molecule is O=S(=O)(Nc1nc(-c2ccccc2C(F)(F)F)c(-c2cccc([C@H]3CC[C@H](OC(F)(F)F)C3)c2)s1)c1ccccc1. The van der Waals surface area contributed by atoms with E-state index in [0.29, 0.717) is 17.5 Å². The Morgan fingerprint density at radius 1 is 0.878 bits per heavy atom. The Labute approximate surface area is 235 Å². The number of alkyl halides is 6. The van der Waals surface area contributed by atoms with Crippen LogP contribution in [0.25, 0.3) is 21.7 Å². The second-order valence-corrected chi connectivity index (χ2v) is 12.2. The maximum atomic E-state index is 14.0. The quantitative estimate of drug-likeness (QED) is 0.213. The number of hydrogen-bond donors (Lipinski definition) is 1. The monoisotopic (exact) mass is 612 g/mol. The molecule has 1 saturated carbocycles. The molecular weight excluding hydrogens is 590 g/mol. The number of benzene rings is 3. The zero-order chi connectivity index (χ0) is 29.4. The van der Waals surface area contributed by atoms with Crippen LogP contribution in [0.3, 0.4) is 0 Å². The Hall–Kier alpha value is -3.42. The van der Waals surface area contributed by atoms with Gasteiger partial charge in [0, 0.05) is 5.56 Å². The van der Waals surface area contributed by atoms with E-state index >= 15 is 0 Å². The summed E-state index contributed by atoms with van der Waals surface area (Å²) in [5, 5.41) is -0.138. The third kappa shape index (κ3) is 6.74. The summed E-state index contributed by atoms with van der Waals surface area (Å²) in [6.45, 7) is 0. The van der Waals surface area contributed by atoms with Gasteiger partial charge in [0.15, 0.2) is 5.13 Å². The Morgan fingerprint density at radius 2 is 1.59 bits per heavy atom. The van der Waals surface area contributed by atoms with Crippen LogP contribution >= 0.6 is 11.3 Å². The van der Waals surface area contributed by atoms with E-state index in [-0.39, 0.29) is 44.9 Å². The molecule has 1 fully saturated rings. The van der Waals surface area contributed by atoms with Gasteiger partial charge in [-0.15, -0.1) is 13.2 Å². The van der Waals surface area contributed by atoms with E-state index in [0.717, 1.165) is 17.4 Å². The van der Waals surface area contributed by atoms with Crippen molar-refractivity contribution >= 4 is 26.5 Å². The number of nitrogens with zero attached hydrogens (tertiary/aromatic N) is 1. The number of thiazole rings is 1. The lowest BCUT2D eigenvalue weighted by molar-refractivity contribution is -0.341. The van der Waals surface area contributed by atoms with Crippen LogP contribution in [0.4, 0.5) is 31.5 Å². The largest absolute Gasteiger partial charge is 0.522 e. The van der Waals surface area contributed by atoms with Crippen molar-refractivity contribution in [3.8, 4) is 21.7 Å². The van der Waals surface area contributed by atoms with Crippen LogP contribution in [0, 0.1) is 0 Å². The molecule has 0 radical (unpaired) electrons. The molecule has 0 bridgehead atoms. The van der Waals surface area contributed by atoms with Crippen LogP contribution in [0.5, 0.6) is 0 Å². The highest BCUT2D eigenvalue weighted by molar-refractivity contribution is 7.93. The molecule has 1 heterocycles. The highest BCUT2D eigenvalue weighted by Crippen LogP contribution is 2.46. The van der Waals surface area contributed by atoms with Gasteiger partial charge in [0.1, 0.15) is 0 Å². The fraction of sp³-hybridized carbons (Fsp3) is 0.250. The fourth-order valence-electron chi connectivity index (χ4n) is 4.93. The Balaban J connectivity index is 1.56. The van der Waals surface area contributed by atoms with E-state index in [9.17, 15) is 34.8 Å². The normalized spacial score (nSPS) is 18.0. The van der Waals surface area contributed by atoms with E-state index in [2.05, 4.69) is 14.4 Å². The molecule has 3 aromatic carbocycles. The van der Waals surface area contributed by atoms with Crippen molar-refractivity contribution in [3.63, 3.8) is 0 Å². The van der Waals surface area contributed by atoms with Gasteiger partial charge in [0.2, 0.25) is 0 Å². The molecule has 0 spiro atoms. The minimum atomic E-state index is -4.74. The molecule has 5 nitrogen and oxygen atoms in total. The summed E-state index contributed by atoms with van der Waals surface area (Å²) >= 11 is 0.866. The van der Waals surface area contributed by atoms with Crippen molar-refractivity contribution in [2.75, 3.05) is 4.72 Å². The van der Waals surface area contributed by atoms with Crippen LogP contribution in [-0.4, -0.2) is 25.9 Å². The molecule has 41 heavy (non-hydrogen) atoms. The lowest BCUT2D eigenvalue weighted by Gasteiger charge is -2.15. The van der Waals surface area contributed by atoms with Gasteiger partial charge >= 0.3 is 12.5 Å². The van der Waals surface area contributed by atoms with Crippen molar-refractivity contribution in [2.24, 2.45) is 0 Å². The van der Waals surface area contributed by atoms with Gasteiger partial charge in [-0.3, -0.25) is 9.46 Å². The summed E-state index contributed by atoms with van der Waals surface area (Å²) in [5.41, 5.74) is -0.0945. The minimum Gasteiger partial charge on any atom is -0.289 e. The van der Waals surface area contributed by atoms with E-state index in [1.54, 1.807) is 30.3 Å². The fourth-order valence-corrected chi connectivity index (χ4v) is 7.16. The zero-order valence-electron chi connectivity index (χ0n) is 21.0. The lowest BCUT2D eigenvalue weighted by Crippen LogP contribution is -2.21. The molecule has 1 aliphatic carbocycles. The minimum absolute atomic E-state index is 0.0483. The molecule has 0 saturated heterocycles. The van der Waals surface area contributed by atoms with Crippen molar-refractivity contribution in [1.29, 1.82) is 0 Å². The average Bonchev–Trinajstić information content (AvgIpc) is 3.55. The molecule has 2 atom stereocenters. The molecule has 1 aromatic heterocycles. The maximum absolute atomic E-state index is 14.0. The summed E-state index contributed by atoms with van der Waals surface area (Å²) in [6.07, 6.45) is -9.64. The number of nitrogens with one attached hydrogen (secondary N) is 1. The average molecular weight is 613 g/mol. The number of hydrogen-bond acceptors (Lipinski definition) is 5. The first-order valence-electron chi connectivity index (χ1n) is 12.4. The van der Waals surface area contributed by atoms with Gasteiger partial charge in [0.05, 0.1) is 27.1 Å². The van der Waals surface area contributed by atoms with Gasteiger partial charge < -0.3 is 0 Å². The molecular formula is C28H22F6N2O3S2. The molecule has 0 amide bonds. The molecule has 0 aliphatic heterocycles. The summed E-state index contributed by atoms with van der Waals surface area (Å²) in [6, 6.07) is 19.1. The number of sulfonamides is 1. The summed E-state index contributed by atoms with van der Waals surface area (Å²) in [5.74, 6) is -0.253. The highest BCUT2D eigenvalue weighted by Gasteiger charge is 2.38. The lowest BCUT2D eigenvalue weighted by atomic mass is 9.94. The number of ether oxygens (including phenoxy) is 1. The van der Waals surface area contributed by atoms with Crippen LogP contribution in [0.15, 0.2) is 83.8 Å². The summed E-state index contributed by atoms with van der Waals surface area (Å²) in [7, 11) is -4.09. The molecule has 5 rings (SSSR count). The van der Waals surface area contributed by atoms with Crippen LogP contribution in [-0.2, 0) is 20.9 Å². The zero-order valence-corrected chi connectivity index (χ0v) is 22.7. The predicted octanol–water partition coefficient (Wildman–Crippen LogP) is 8.47. The predicted molar refractivity (Wildman–Crippen MR) is 143 cm³/mol. The number of rotatable bonds is 7. The number of aromatic nitrogens is 1. The van der Waals surface area contributed by atoms with Crippen molar-refractivity contribution in [3.05, 3.63) is 90.0 Å². The van der Waals surface area contributed by atoms with Crippen LogP contribution in [0.1, 0.15) is 36.3 Å². The Kier molecular flexibility index (Phi) is 7.88. The van der Waals surface area contributed by atoms with Gasteiger partial charge in [-0.05, 0) is 60.6 Å². The summed E-state index contributed by atoms with van der Waals surface area (Å²) < 4.78 is 113. The first kappa shape index (κ1) is 29.1. The van der Waals surface area contributed by atoms with Crippen molar-refractivity contribution < 1.29 is 39.5 Å². The smallest absolute Gasteiger partial charge is 0.289 e. The topological polar surface area (TPSA) is 68.3 Å². The van der Waals surface area contributed by atoms with Crippen LogP contribution in [0.2, 0.25) is 0 Å². The molecule has 13 heteroatoms. The summed E-state index contributed by atoms with van der Waals surface area (Å²) in [4.78, 5) is 4.53. The van der Waals surface area contributed by atoms with E-state index in [1.807, 2.05) is 0 Å². The van der Waals surface area contributed by atoms with Gasteiger partial charge in [-0.2, -0.15) is 13.2 Å². The molecule has 1 aliphatic rings. The third-order valence-electron chi connectivity index (χ3n) is 6.69. The Bertz CT molecular complexity index is 1640. The van der Waals surface area contributed by atoms with Gasteiger partial charge in [0.25, 0.3) is 10.0 Å². The molecule has 216 valence electrons. The van der Waals surface area contributed by atoms with Crippen LogP contribution < -0.4 is 4.72 Å². The number of anilines is 1. The Morgan fingerprint density at radius 3 is 2.29 bits per heavy atom. The van der Waals surface area contributed by atoms with Gasteiger partial charge in [-0.1, -0.05) is 65.9 Å². The molecule has 4 aromatic rings. The highest BCUT2D eigenvalue weighted by atomic mass is 32.2. The van der Waals surface area contributed by atoms with Crippen molar-refractivity contribution in [2.45, 2.75) is 48.7 Å². The van der Waals surface area contributed by atoms with E-state index in [4.69, 9.17) is 0 Å². The molecule has 1 N–H and O–H groups in total. The van der Waals surface area contributed by atoms with E-state index < -0.39 is 34.2 Å². The first-order chi connectivity index (χ1) is 19.3. The second kappa shape index (κ2) is 11.1. The van der Waals surface area contributed by atoms with Gasteiger partial charge in [-0.25, -0.2) is 13.4 Å². The third-order valence-corrected chi connectivity index (χ3v) is 9.20. The second-order valence-electron chi connectivity index (χ2n) is 9.48. The number of halogens is 6. The van der Waals surface area contributed by atoms with Crippen molar-refractivity contribution in [1.82, 2.24) is 4.98 Å². The standard InChI is InChI=1S/C28H22F6N2O3S2/c29-27(30,31)23-12-5-4-11-22(23)24-25(40-26(35-24)36-41(37,38)21-9-2-1-3-10-21)19-8-6-7-17(15-19)18-13-14-20(16-18)39-28(32,33)34/h1-12,15,18,20H,13-14,16H2,(H,35,36)/t18-,20-/m0/s1. The van der Waals surface area contributed by atoms with E-state index in [1.165, 1.54) is 42.5 Å². The maximum Gasteiger partial charge on any atom is 0.522 e.